The summed E-state index contributed by atoms with van der Waals surface area (Å²) in [6, 6.07) is 3.31. The lowest BCUT2D eigenvalue weighted by atomic mass is 10.3. The maximum absolute atomic E-state index is 11.1. The van der Waals surface area contributed by atoms with Gasteiger partial charge >= 0.3 is 5.97 Å². The zero-order valence-corrected chi connectivity index (χ0v) is 8.53. The molecule has 1 rings (SSSR count). The zero-order chi connectivity index (χ0) is 10.6. The Morgan fingerprint density at radius 2 is 2.21 bits per heavy atom. The number of methoxy groups -OCH3 is 1. The largest absolute Gasteiger partial charge is 0.492 e. The fourth-order valence-corrected chi connectivity index (χ4v) is 1.07. The predicted octanol–water partition coefficient (Wildman–Crippen LogP) is 1.58. The maximum atomic E-state index is 11.1. The van der Waals surface area contributed by atoms with Gasteiger partial charge in [0.25, 0.3) is 0 Å². The molecule has 0 amide bonds. The number of carbonyl (C=O) groups is 1. The smallest absolute Gasteiger partial charge is 0.356 e. The molecule has 0 spiro atoms. The van der Waals surface area contributed by atoms with Crippen LogP contribution in [0.2, 0.25) is 0 Å². The summed E-state index contributed by atoms with van der Waals surface area (Å²) in [4.78, 5) is 15.2. The number of hydrogen-bond acceptors (Lipinski definition) is 4. The Labute approximate surface area is 82.9 Å². The third kappa shape index (κ3) is 2.22. The molecule has 1 heterocycles. The van der Waals surface area contributed by atoms with Gasteiger partial charge in [0.15, 0.2) is 0 Å². The zero-order valence-electron chi connectivity index (χ0n) is 8.53. The molecule has 0 saturated carbocycles. The molecular weight excluding hydrogens is 182 g/mol. The first-order chi connectivity index (χ1) is 6.69. The molecule has 0 aliphatic heterocycles. The van der Waals surface area contributed by atoms with Gasteiger partial charge in [-0.05, 0) is 26.0 Å². The van der Waals surface area contributed by atoms with Gasteiger partial charge in [0.05, 0.1) is 19.4 Å². The van der Waals surface area contributed by atoms with Crippen molar-refractivity contribution in [2.24, 2.45) is 0 Å². The molecule has 0 aliphatic rings. The van der Waals surface area contributed by atoms with Gasteiger partial charge in [-0.1, -0.05) is 0 Å². The lowest BCUT2D eigenvalue weighted by molar-refractivity contribution is 0.0593. The molecule has 0 saturated heterocycles. The van der Waals surface area contributed by atoms with E-state index in [1.807, 2.05) is 6.92 Å². The fourth-order valence-electron chi connectivity index (χ4n) is 1.07. The third-order valence-corrected chi connectivity index (χ3v) is 1.73. The van der Waals surface area contributed by atoms with Crippen LogP contribution in [-0.4, -0.2) is 24.7 Å². The second-order valence-electron chi connectivity index (χ2n) is 2.70. The van der Waals surface area contributed by atoms with Gasteiger partial charge in [-0.25, -0.2) is 9.78 Å². The van der Waals surface area contributed by atoms with Crippen molar-refractivity contribution in [1.29, 1.82) is 0 Å². The predicted molar refractivity (Wildman–Crippen MR) is 51.5 cm³/mol. The Morgan fingerprint density at radius 3 is 2.71 bits per heavy atom. The monoisotopic (exact) mass is 195 g/mol. The number of rotatable bonds is 3. The van der Waals surface area contributed by atoms with Crippen LogP contribution >= 0.6 is 0 Å². The summed E-state index contributed by atoms with van der Waals surface area (Å²) >= 11 is 0. The average molecular weight is 195 g/mol. The number of pyridine rings is 1. The number of aryl methyl sites for hydroxylation is 1. The second-order valence-corrected chi connectivity index (χ2v) is 2.70. The highest BCUT2D eigenvalue weighted by Crippen LogP contribution is 2.15. The van der Waals surface area contributed by atoms with Crippen molar-refractivity contribution in [2.75, 3.05) is 13.7 Å². The lowest BCUT2D eigenvalue weighted by Crippen LogP contribution is -2.06. The quantitative estimate of drug-likeness (QED) is 0.687. The third-order valence-electron chi connectivity index (χ3n) is 1.73. The topological polar surface area (TPSA) is 48.4 Å². The number of nitrogens with zero attached hydrogens (tertiary/aromatic N) is 1. The standard InChI is InChI=1S/C10H13NO3/c1-4-14-9-6-5-8(10(12)13-3)11-7(9)2/h5-6H,4H2,1-3H3. The lowest BCUT2D eigenvalue weighted by Gasteiger charge is -2.06. The first kappa shape index (κ1) is 10.5. The van der Waals surface area contributed by atoms with Crippen molar-refractivity contribution < 1.29 is 14.3 Å². The number of aromatic nitrogens is 1. The molecule has 0 aromatic carbocycles. The summed E-state index contributed by atoms with van der Waals surface area (Å²) in [6.07, 6.45) is 0. The van der Waals surface area contributed by atoms with Gasteiger partial charge in [0.2, 0.25) is 0 Å². The van der Waals surface area contributed by atoms with Crippen molar-refractivity contribution in [3.05, 3.63) is 23.5 Å². The molecule has 14 heavy (non-hydrogen) atoms. The van der Waals surface area contributed by atoms with Crippen LogP contribution in [0.3, 0.4) is 0 Å². The van der Waals surface area contributed by atoms with Gasteiger partial charge in [-0.3, -0.25) is 0 Å². The van der Waals surface area contributed by atoms with E-state index in [1.54, 1.807) is 19.1 Å². The molecule has 0 atom stereocenters. The van der Waals surface area contributed by atoms with Crippen LogP contribution in [0.5, 0.6) is 5.75 Å². The molecule has 0 fully saturated rings. The normalized spacial score (nSPS) is 9.64. The second kappa shape index (κ2) is 4.60. The number of esters is 1. The van der Waals surface area contributed by atoms with Crippen molar-refractivity contribution in [3.63, 3.8) is 0 Å². The molecule has 0 bridgehead atoms. The molecule has 0 unspecified atom stereocenters. The first-order valence-electron chi connectivity index (χ1n) is 4.37. The maximum Gasteiger partial charge on any atom is 0.356 e. The summed E-state index contributed by atoms with van der Waals surface area (Å²) in [5.41, 5.74) is 0.989. The minimum absolute atomic E-state index is 0.299. The first-order valence-corrected chi connectivity index (χ1v) is 4.37. The van der Waals surface area contributed by atoms with Crippen LogP contribution in [-0.2, 0) is 4.74 Å². The minimum atomic E-state index is -0.434. The van der Waals surface area contributed by atoms with Crippen molar-refractivity contribution in [3.8, 4) is 5.75 Å². The van der Waals surface area contributed by atoms with E-state index in [-0.39, 0.29) is 0 Å². The van der Waals surface area contributed by atoms with E-state index < -0.39 is 5.97 Å². The Kier molecular flexibility index (Phi) is 3.45. The summed E-state index contributed by atoms with van der Waals surface area (Å²) in [7, 11) is 1.33. The van der Waals surface area contributed by atoms with Gasteiger partial charge in [0.1, 0.15) is 11.4 Å². The summed E-state index contributed by atoms with van der Waals surface area (Å²) in [6.45, 7) is 4.27. The molecule has 4 heteroatoms. The summed E-state index contributed by atoms with van der Waals surface area (Å²) < 4.78 is 9.84. The van der Waals surface area contributed by atoms with Crippen LogP contribution in [0, 0.1) is 6.92 Å². The summed E-state index contributed by atoms with van der Waals surface area (Å²) in [5, 5.41) is 0. The van der Waals surface area contributed by atoms with Crippen molar-refractivity contribution >= 4 is 5.97 Å². The van der Waals surface area contributed by atoms with E-state index in [4.69, 9.17) is 4.74 Å². The molecular formula is C10H13NO3. The highest BCUT2D eigenvalue weighted by atomic mass is 16.5. The van der Waals surface area contributed by atoms with E-state index in [0.29, 0.717) is 23.7 Å². The number of ether oxygens (including phenoxy) is 2. The highest BCUT2D eigenvalue weighted by molar-refractivity contribution is 5.87. The number of hydrogen-bond donors (Lipinski definition) is 0. The van der Waals surface area contributed by atoms with Gasteiger partial charge in [-0.15, -0.1) is 0 Å². The molecule has 4 nitrogen and oxygen atoms in total. The minimum Gasteiger partial charge on any atom is -0.492 e. The summed E-state index contributed by atoms with van der Waals surface area (Å²) in [5.74, 6) is 0.260. The number of carbonyl (C=O) groups excluding carboxylic acids is 1. The van der Waals surface area contributed by atoms with Crippen molar-refractivity contribution in [2.45, 2.75) is 13.8 Å². The van der Waals surface area contributed by atoms with Crippen LogP contribution < -0.4 is 4.74 Å². The van der Waals surface area contributed by atoms with E-state index in [0.717, 1.165) is 0 Å². The highest BCUT2D eigenvalue weighted by Gasteiger charge is 2.09. The molecule has 76 valence electrons. The molecule has 1 aromatic heterocycles. The molecule has 0 aliphatic carbocycles. The van der Waals surface area contributed by atoms with Crippen LogP contribution in [0.1, 0.15) is 23.1 Å². The van der Waals surface area contributed by atoms with E-state index >= 15 is 0 Å². The van der Waals surface area contributed by atoms with Gasteiger partial charge in [0, 0.05) is 0 Å². The van der Waals surface area contributed by atoms with E-state index in [9.17, 15) is 4.79 Å². The fraction of sp³-hybridized carbons (Fsp3) is 0.400. The Morgan fingerprint density at radius 1 is 1.50 bits per heavy atom. The van der Waals surface area contributed by atoms with Crippen molar-refractivity contribution in [1.82, 2.24) is 4.98 Å². The Balaban J connectivity index is 2.94. The van der Waals surface area contributed by atoms with Crippen LogP contribution in [0.15, 0.2) is 12.1 Å². The van der Waals surface area contributed by atoms with E-state index in [1.165, 1.54) is 7.11 Å². The molecule has 1 aromatic rings. The van der Waals surface area contributed by atoms with Gasteiger partial charge < -0.3 is 9.47 Å². The molecule has 0 N–H and O–H groups in total. The van der Waals surface area contributed by atoms with Gasteiger partial charge in [-0.2, -0.15) is 0 Å². The Bertz CT molecular complexity index is 336. The average Bonchev–Trinajstić information content (AvgIpc) is 2.20. The van der Waals surface area contributed by atoms with Crippen LogP contribution in [0.4, 0.5) is 0 Å². The SMILES string of the molecule is CCOc1ccc(C(=O)OC)nc1C. The Hall–Kier alpha value is -1.58. The van der Waals surface area contributed by atoms with Crippen LogP contribution in [0.25, 0.3) is 0 Å². The van der Waals surface area contributed by atoms with E-state index in [2.05, 4.69) is 9.72 Å². The molecule has 0 radical (unpaired) electrons.